The van der Waals surface area contributed by atoms with Crippen molar-refractivity contribution in [1.82, 2.24) is 9.62 Å². The number of benzene rings is 2. The zero-order valence-electron chi connectivity index (χ0n) is 18.7. The molecule has 3 rings (SSSR count). The Kier molecular flexibility index (Phi) is 6.02. The Hall–Kier alpha value is -2.67. The number of aryl methyl sites for hydroxylation is 1. The number of hydrogen-bond donors (Lipinski definition) is 1. The van der Waals surface area contributed by atoms with Crippen LogP contribution in [0.1, 0.15) is 50.8 Å². The van der Waals surface area contributed by atoms with E-state index in [-0.39, 0.29) is 22.6 Å². The Bertz CT molecular complexity index is 1080. The molecule has 2 aromatic rings. The predicted octanol–water partition coefficient (Wildman–Crippen LogP) is 3.33. The highest BCUT2D eigenvalue weighted by molar-refractivity contribution is 7.90. The standard InChI is InChI=1S/C24H30N2O4S/c1-17-6-12-20(13-7-17)31(29,30)25-22(28)24(5)14-15-26(24)21(27)16-18-8-10-19(11-9-18)23(2,3)4/h6-13H,14-16H2,1-5H3,(H,25,28). The van der Waals surface area contributed by atoms with Crippen molar-refractivity contribution in [1.29, 1.82) is 0 Å². The summed E-state index contributed by atoms with van der Waals surface area (Å²) in [4.78, 5) is 27.2. The van der Waals surface area contributed by atoms with Crippen molar-refractivity contribution in [3.05, 3.63) is 65.2 Å². The Balaban J connectivity index is 1.69. The van der Waals surface area contributed by atoms with Gasteiger partial charge in [0.05, 0.1) is 11.3 Å². The summed E-state index contributed by atoms with van der Waals surface area (Å²) in [6.45, 7) is 10.3. The molecule has 1 unspecified atom stereocenters. The van der Waals surface area contributed by atoms with Crippen LogP contribution in [0.3, 0.4) is 0 Å². The lowest BCUT2D eigenvalue weighted by Crippen LogP contribution is -2.68. The largest absolute Gasteiger partial charge is 0.328 e. The molecule has 0 aliphatic carbocycles. The summed E-state index contributed by atoms with van der Waals surface area (Å²) in [6, 6.07) is 14.1. The fourth-order valence-corrected chi connectivity index (χ4v) is 4.67. The van der Waals surface area contributed by atoms with Gasteiger partial charge in [-0.3, -0.25) is 9.59 Å². The van der Waals surface area contributed by atoms with Crippen LogP contribution in [0.4, 0.5) is 0 Å². The van der Waals surface area contributed by atoms with E-state index in [1.54, 1.807) is 19.1 Å². The number of amides is 2. The van der Waals surface area contributed by atoms with E-state index in [4.69, 9.17) is 0 Å². The summed E-state index contributed by atoms with van der Waals surface area (Å²) in [5, 5.41) is 0. The summed E-state index contributed by atoms with van der Waals surface area (Å²) in [6.07, 6.45) is 0.578. The van der Waals surface area contributed by atoms with E-state index in [9.17, 15) is 18.0 Å². The van der Waals surface area contributed by atoms with E-state index in [1.165, 1.54) is 22.6 Å². The number of nitrogens with one attached hydrogen (secondary N) is 1. The van der Waals surface area contributed by atoms with Crippen LogP contribution in [-0.2, 0) is 31.4 Å². The molecule has 0 saturated carbocycles. The number of likely N-dealkylation sites (tertiary alicyclic amines) is 1. The maximum atomic E-state index is 12.9. The van der Waals surface area contributed by atoms with Crippen molar-refractivity contribution in [3.8, 4) is 0 Å². The van der Waals surface area contributed by atoms with E-state index in [2.05, 4.69) is 25.5 Å². The molecule has 0 aromatic heterocycles. The third-order valence-corrected chi connectivity index (χ3v) is 7.29. The summed E-state index contributed by atoms with van der Waals surface area (Å²) >= 11 is 0. The van der Waals surface area contributed by atoms with Crippen LogP contribution in [0.25, 0.3) is 0 Å². The minimum atomic E-state index is -4.00. The molecule has 1 fully saturated rings. The molecule has 31 heavy (non-hydrogen) atoms. The minimum Gasteiger partial charge on any atom is -0.328 e. The van der Waals surface area contributed by atoms with Gasteiger partial charge in [0.2, 0.25) is 5.91 Å². The summed E-state index contributed by atoms with van der Waals surface area (Å²) in [5.41, 5.74) is 1.81. The SMILES string of the molecule is Cc1ccc(S(=O)(=O)NC(=O)C2(C)CCN2C(=O)Cc2ccc(C(C)(C)C)cc2)cc1. The first-order chi connectivity index (χ1) is 14.3. The molecule has 166 valence electrons. The molecule has 1 aliphatic heterocycles. The molecule has 1 heterocycles. The lowest BCUT2D eigenvalue weighted by Gasteiger charge is -2.49. The first-order valence-corrected chi connectivity index (χ1v) is 11.8. The first-order valence-electron chi connectivity index (χ1n) is 10.4. The normalized spacial score (nSPS) is 18.9. The van der Waals surface area contributed by atoms with Gasteiger partial charge in [-0.15, -0.1) is 0 Å². The molecule has 7 heteroatoms. The van der Waals surface area contributed by atoms with Crippen LogP contribution in [-0.4, -0.2) is 37.2 Å². The molecular formula is C24H30N2O4S. The second kappa shape index (κ2) is 8.11. The van der Waals surface area contributed by atoms with Crippen molar-refractivity contribution >= 4 is 21.8 Å². The number of nitrogens with zero attached hydrogens (tertiary/aromatic N) is 1. The topological polar surface area (TPSA) is 83.6 Å². The summed E-state index contributed by atoms with van der Waals surface area (Å²) < 4.78 is 27.3. The minimum absolute atomic E-state index is 0.0196. The number of rotatable bonds is 5. The third kappa shape index (κ3) is 4.82. The monoisotopic (exact) mass is 442 g/mol. The Morgan fingerprint density at radius 2 is 1.61 bits per heavy atom. The molecule has 0 radical (unpaired) electrons. The van der Waals surface area contributed by atoms with E-state index < -0.39 is 21.5 Å². The van der Waals surface area contributed by atoms with Crippen LogP contribution >= 0.6 is 0 Å². The van der Waals surface area contributed by atoms with E-state index in [1.807, 2.05) is 31.2 Å². The molecule has 1 atom stereocenters. The maximum Gasteiger partial charge on any atom is 0.264 e. The lowest BCUT2D eigenvalue weighted by atomic mass is 9.84. The Labute approximate surface area is 184 Å². The van der Waals surface area contributed by atoms with Gasteiger partial charge in [-0.05, 0) is 48.9 Å². The van der Waals surface area contributed by atoms with Gasteiger partial charge >= 0.3 is 0 Å². The first kappa shape index (κ1) is 23.0. The Morgan fingerprint density at radius 1 is 1.03 bits per heavy atom. The van der Waals surface area contributed by atoms with Gasteiger partial charge in [0.15, 0.2) is 0 Å². The van der Waals surface area contributed by atoms with Gasteiger partial charge in [0.25, 0.3) is 15.9 Å². The fraction of sp³-hybridized carbons (Fsp3) is 0.417. The number of carbonyl (C=O) groups excluding carboxylic acids is 2. The second-order valence-electron chi connectivity index (χ2n) is 9.44. The molecule has 2 aromatic carbocycles. The zero-order chi connectivity index (χ0) is 23.0. The van der Waals surface area contributed by atoms with Gasteiger partial charge in [-0.1, -0.05) is 62.7 Å². The van der Waals surface area contributed by atoms with Crippen molar-refractivity contribution in [2.75, 3.05) is 6.54 Å². The number of sulfonamides is 1. The molecule has 0 spiro atoms. The number of carbonyl (C=O) groups is 2. The third-order valence-electron chi connectivity index (χ3n) is 5.94. The van der Waals surface area contributed by atoms with Crippen molar-refractivity contribution < 1.29 is 18.0 Å². The smallest absolute Gasteiger partial charge is 0.264 e. The second-order valence-corrected chi connectivity index (χ2v) is 11.1. The summed E-state index contributed by atoms with van der Waals surface area (Å²) in [7, 11) is -4.00. The molecule has 1 aliphatic rings. The highest BCUT2D eigenvalue weighted by atomic mass is 32.2. The average Bonchev–Trinajstić information content (AvgIpc) is 2.66. The van der Waals surface area contributed by atoms with Crippen molar-refractivity contribution in [3.63, 3.8) is 0 Å². The van der Waals surface area contributed by atoms with Crippen LogP contribution in [0.15, 0.2) is 53.4 Å². The quantitative estimate of drug-likeness (QED) is 0.770. The zero-order valence-corrected chi connectivity index (χ0v) is 19.5. The molecule has 1 N–H and O–H groups in total. The highest BCUT2D eigenvalue weighted by Crippen LogP contribution is 2.32. The summed E-state index contributed by atoms with van der Waals surface area (Å²) in [5.74, 6) is -0.879. The maximum absolute atomic E-state index is 12.9. The lowest BCUT2D eigenvalue weighted by molar-refractivity contribution is -0.156. The van der Waals surface area contributed by atoms with Gasteiger partial charge in [0, 0.05) is 6.54 Å². The van der Waals surface area contributed by atoms with Gasteiger partial charge in [0.1, 0.15) is 5.54 Å². The van der Waals surface area contributed by atoms with Crippen molar-refractivity contribution in [2.24, 2.45) is 0 Å². The van der Waals surface area contributed by atoms with E-state index in [0.717, 1.165) is 11.1 Å². The molecule has 0 bridgehead atoms. The predicted molar refractivity (Wildman–Crippen MR) is 120 cm³/mol. The van der Waals surface area contributed by atoms with Crippen LogP contribution in [0.5, 0.6) is 0 Å². The fourth-order valence-electron chi connectivity index (χ4n) is 3.60. The van der Waals surface area contributed by atoms with Crippen LogP contribution < -0.4 is 4.72 Å². The van der Waals surface area contributed by atoms with Crippen molar-refractivity contribution in [2.45, 2.75) is 63.3 Å². The highest BCUT2D eigenvalue weighted by Gasteiger charge is 2.50. The Morgan fingerprint density at radius 3 is 2.10 bits per heavy atom. The van der Waals surface area contributed by atoms with Crippen LogP contribution in [0, 0.1) is 6.92 Å². The average molecular weight is 443 g/mol. The molecule has 1 saturated heterocycles. The van der Waals surface area contributed by atoms with E-state index >= 15 is 0 Å². The van der Waals surface area contributed by atoms with Gasteiger partial charge in [-0.25, -0.2) is 13.1 Å². The van der Waals surface area contributed by atoms with E-state index in [0.29, 0.717) is 13.0 Å². The number of hydrogen-bond acceptors (Lipinski definition) is 4. The molecule has 6 nitrogen and oxygen atoms in total. The molecule has 2 amide bonds. The van der Waals surface area contributed by atoms with Gasteiger partial charge in [-0.2, -0.15) is 0 Å². The van der Waals surface area contributed by atoms with Crippen LogP contribution in [0.2, 0.25) is 0 Å². The molecular weight excluding hydrogens is 412 g/mol. The van der Waals surface area contributed by atoms with Gasteiger partial charge < -0.3 is 4.90 Å².